The fourth-order valence-electron chi connectivity index (χ4n) is 8.40. The van der Waals surface area contributed by atoms with Crippen molar-refractivity contribution in [2.75, 3.05) is 6.54 Å². The van der Waals surface area contributed by atoms with E-state index in [-0.39, 0.29) is 10.8 Å². The van der Waals surface area contributed by atoms with Crippen molar-refractivity contribution >= 4 is 5.91 Å². The summed E-state index contributed by atoms with van der Waals surface area (Å²) in [5, 5.41) is 3.55. The minimum atomic E-state index is -0.184. The average molecular weight is 425 g/mol. The molecule has 5 rings (SSSR count). The van der Waals surface area contributed by atoms with E-state index in [0.29, 0.717) is 29.2 Å². The maximum atomic E-state index is 13.9. The van der Waals surface area contributed by atoms with E-state index in [1.165, 1.54) is 37.7 Å². The van der Waals surface area contributed by atoms with Gasteiger partial charge < -0.3 is 11.1 Å². The molecule has 0 aromatic carbocycles. The van der Waals surface area contributed by atoms with Crippen molar-refractivity contribution in [2.24, 2.45) is 33.8 Å². The van der Waals surface area contributed by atoms with Gasteiger partial charge in [-0.1, -0.05) is 44.2 Å². The highest BCUT2D eigenvalue weighted by molar-refractivity contribution is 5.84. The lowest BCUT2D eigenvalue weighted by Crippen LogP contribution is -2.62. The third-order valence-corrected chi connectivity index (χ3v) is 9.24. The number of allylic oxidation sites excluding steroid dienone is 5. The summed E-state index contributed by atoms with van der Waals surface area (Å²) in [4.78, 5) is 13.9. The van der Waals surface area contributed by atoms with E-state index in [1.807, 2.05) is 6.92 Å². The first-order valence-corrected chi connectivity index (χ1v) is 12.9. The monoisotopic (exact) mass is 424 g/mol. The molecule has 0 saturated heterocycles. The Morgan fingerprint density at radius 2 is 1.77 bits per heavy atom. The third-order valence-electron chi connectivity index (χ3n) is 9.24. The Morgan fingerprint density at radius 3 is 2.45 bits per heavy atom. The van der Waals surface area contributed by atoms with Gasteiger partial charge >= 0.3 is 0 Å². The summed E-state index contributed by atoms with van der Waals surface area (Å²) in [6.07, 6.45) is 22.5. The minimum Gasteiger partial charge on any atom is -0.353 e. The molecule has 4 atom stereocenters. The summed E-state index contributed by atoms with van der Waals surface area (Å²) in [5.41, 5.74) is 7.40. The Bertz CT molecular complexity index is 746. The topological polar surface area (TPSA) is 55.1 Å². The fourth-order valence-corrected chi connectivity index (χ4v) is 8.40. The molecule has 1 amide bonds. The van der Waals surface area contributed by atoms with Gasteiger partial charge in [-0.2, -0.15) is 0 Å². The number of amides is 1. The van der Waals surface area contributed by atoms with Gasteiger partial charge in [-0.05, 0) is 112 Å². The Morgan fingerprint density at radius 1 is 1.06 bits per heavy atom. The Hall–Kier alpha value is -1.35. The van der Waals surface area contributed by atoms with Gasteiger partial charge in [-0.15, -0.1) is 0 Å². The quantitative estimate of drug-likeness (QED) is 0.465. The lowest BCUT2D eigenvalue weighted by Gasteiger charge is -2.66. The van der Waals surface area contributed by atoms with Crippen molar-refractivity contribution in [2.45, 2.75) is 96.9 Å². The normalized spacial score (nSPS) is 41.8. The number of carbonyl (C=O) groups is 1. The highest BCUT2D eigenvalue weighted by Gasteiger charge is 2.65. The second-order valence-electron chi connectivity index (χ2n) is 11.7. The maximum absolute atomic E-state index is 13.9. The molecule has 5 saturated carbocycles. The zero-order valence-electron chi connectivity index (χ0n) is 19.9. The van der Waals surface area contributed by atoms with Gasteiger partial charge in [-0.25, -0.2) is 0 Å². The first-order valence-electron chi connectivity index (χ1n) is 12.9. The largest absolute Gasteiger partial charge is 0.353 e. The Kier molecular flexibility index (Phi) is 6.54. The molecule has 3 N–H and O–H groups in total. The molecular weight excluding hydrogens is 380 g/mol. The van der Waals surface area contributed by atoms with Crippen LogP contribution in [0.25, 0.3) is 0 Å². The second-order valence-corrected chi connectivity index (χ2v) is 11.7. The summed E-state index contributed by atoms with van der Waals surface area (Å²) < 4.78 is 0. The lowest BCUT2D eigenvalue weighted by atomic mass is 9.37. The first kappa shape index (κ1) is 22.8. The first-order chi connectivity index (χ1) is 14.9. The molecule has 5 aliphatic rings. The van der Waals surface area contributed by atoms with E-state index < -0.39 is 0 Å². The van der Waals surface area contributed by atoms with Gasteiger partial charge in [0.15, 0.2) is 0 Å². The molecule has 0 heterocycles. The number of nitrogens with one attached hydrogen (secondary N) is 1. The Balaban J connectivity index is 1.57. The molecular formula is C28H44N2O. The van der Waals surface area contributed by atoms with Crippen LogP contribution in [0.15, 0.2) is 36.5 Å². The maximum Gasteiger partial charge on any atom is 0.226 e. The van der Waals surface area contributed by atoms with Crippen LogP contribution in [-0.2, 0) is 4.79 Å². The molecule has 0 aliphatic heterocycles. The van der Waals surface area contributed by atoms with E-state index in [4.69, 9.17) is 5.73 Å². The minimum absolute atomic E-state index is 0.112. The second kappa shape index (κ2) is 8.89. The van der Waals surface area contributed by atoms with Gasteiger partial charge in [0.1, 0.15) is 0 Å². The molecule has 0 radical (unpaired) electrons. The summed E-state index contributed by atoms with van der Waals surface area (Å²) >= 11 is 0. The van der Waals surface area contributed by atoms with E-state index in [0.717, 1.165) is 51.5 Å². The molecule has 0 spiro atoms. The molecule has 172 valence electrons. The molecule has 0 aromatic heterocycles. The van der Waals surface area contributed by atoms with Crippen molar-refractivity contribution in [3.63, 3.8) is 0 Å². The van der Waals surface area contributed by atoms with E-state index >= 15 is 0 Å². The summed E-state index contributed by atoms with van der Waals surface area (Å²) in [5.74, 6) is 1.69. The highest BCUT2D eigenvalue weighted by Crippen LogP contribution is 2.72. The number of rotatable bonds is 8. The smallest absolute Gasteiger partial charge is 0.226 e. The lowest BCUT2D eigenvalue weighted by molar-refractivity contribution is -0.171. The van der Waals surface area contributed by atoms with Crippen LogP contribution in [-0.4, -0.2) is 18.5 Å². The molecule has 0 aromatic rings. The SMILES string of the molecule is C=C(/C=C\C=C/C)[C@]12CC3CC(C(=O)NC4CCC(CN)CC4)(C[C@](CCC)(C3)C1)C2. The van der Waals surface area contributed by atoms with Gasteiger partial charge in [-0.3, -0.25) is 4.79 Å². The van der Waals surface area contributed by atoms with Gasteiger partial charge in [0.25, 0.3) is 0 Å². The van der Waals surface area contributed by atoms with Crippen LogP contribution in [0.1, 0.15) is 90.9 Å². The number of nitrogens with two attached hydrogens (primary N) is 1. The molecule has 31 heavy (non-hydrogen) atoms. The van der Waals surface area contributed by atoms with E-state index in [1.54, 1.807) is 0 Å². The standard InChI is InChI=1S/C28H44N2O/c1-4-6-7-8-21(3)27-15-23-14-26(18-27,13-5-2)19-28(16-23,20-27)25(31)30-24-11-9-22(17-29)10-12-24/h4,6-8,22-24H,3,5,9-20,29H2,1-2H3,(H,30,31)/b6-4-,8-7-/t22?,23?,24?,26-,27-,28?/m1/s1. The molecule has 2 unspecified atom stereocenters. The van der Waals surface area contributed by atoms with Crippen molar-refractivity contribution in [1.29, 1.82) is 0 Å². The summed E-state index contributed by atoms with van der Waals surface area (Å²) in [6.45, 7) is 9.72. The van der Waals surface area contributed by atoms with Crippen molar-refractivity contribution < 1.29 is 4.79 Å². The van der Waals surface area contributed by atoms with Gasteiger partial charge in [0, 0.05) is 6.04 Å². The fraction of sp³-hybridized carbons (Fsp3) is 0.750. The van der Waals surface area contributed by atoms with Crippen LogP contribution in [0.5, 0.6) is 0 Å². The predicted molar refractivity (Wildman–Crippen MR) is 129 cm³/mol. The molecule has 5 fully saturated rings. The van der Waals surface area contributed by atoms with Gasteiger partial charge in [0.2, 0.25) is 5.91 Å². The molecule has 5 aliphatic carbocycles. The zero-order chi connectivity index (χ0) is 22.1. The molecule has 4 bridgehead atoms. The predicted octanol–water partition coefficient (Wildman–Crippen LogP) is 6.07. The summed E-state index contributed by atoms with van der Waals surface area (Å²) in [6, 6.07) is 0.346. The number of carbonyl (C=O) groups excluding carboxylic acids is 1. The third kappa shape index (κ3) is 4.32. The number of hydrogen-bond acceptors (Lipinski definition) is 2. The summed E-state index contributed by atoms with van der Waals surface area (Å²) in [7, 11) is 0. The van der Waals surface area contributed by atoms with Crippen LogP contribution in [0.3, 0.4) is 0 Å². The van der Waals surface area contributed by atoms with Crippen LogP contribution >= 0.6 is 0 Å². The van der Waals surface area contributed by atoms with E-state index in [2.05, 4.69) is 43.1 Å². The van der Waals surface area contributed by atoms with Gasteiger partial charge in [0.05, 0.1) is 5.41 Å². The van der Waals surface area contributed by atoms with Crippen molar-refractivity contribution in [3.05, 3.63) is 36.5 Å². The van der Waals surface area contributed by atoms with Crippen LogP contribution in [0.2, 0.25) is 0 Å². The number of hydrogen-bond donors (Lipinski definition) is 2. The van der Waals surface area contributed by atoms with Crippen molar-refractivity contribution in [3.8, 4) is 0 Å². The van der Waals surface area contributed by atoms with Crippen LogP contribution in [0.4, 0.5) is 0 Å². The van der Waals surface area contributed by atoms with Crippen LogP contribution in [0, 0.1) is 28.1 Å². The van der Waals surface area contributed by atoms with Crippen LogP contribution < -0.4 is 11.1 Å². The molecule has 3 heteroatoms. The Labute approximate surface area is 190 Å². The van der Waals surface area contributed by atoms with E-state index in [9.17, 15) is 4.79 Å². The zero-order valence-corrected chi connectivity index (χ0v) is 19.9. The highest BCUT2D eigenvalue weighted by atomic mass is 16.2. The average Bonchev–Trinajstić information content (AvgIpc) is 2.73. The molecule has 3 nitrogen and oxygen atoms in total. The van der Waals surface area contributed by atoms with Crippen molar-refractivity contribution in [1.82, 2.24) is 5.32 Å².